The molecule has 19 heavy (non-hydrogen) atoms. The lowest BCUT2D eigenvalue weighted by atomic mass is 10.2. The highest BCUT2D eigenvalue weighted by Gasteiger charge is 2.20. The van der Waals surface area contributed by atoms with E-state index < -0.39 is 0 Å². The van der Waals surface area contributed by atoms with E-state index >= 15 is 0 Å². The summed E-state index contributed by atoms with van der Waals surface area (Å²) in [6, 6.07) is 9.23. The number of aromatic nitrogens is 2. The van der Waals surface area contributed by atoms with Gasteiger partial charge in [-0.15, -0.1) is 0 Å². The number of benzene rings is 1. The molecule has 0 aliphatic heterocycles. The van der Waals surface area contributed by atoms with E-state index in [-0.39, 0.29) is 0 Å². The smallest absolute Gasteiger partial charge is 0.0843 e. The van der Waals surface area contributed by atoms with Crippen LogP contribution in [0.15, 0.2) is 24.3 Å². The van der Waals surface area contributed by atoms with Crippen LogP contribution in [0.3, 0.4) is 0 Å². The number of hydrogen-bond acceptors (Lipinski definition) is 3. The first kappa shape index (κ1) is 12.6. The third-order valence-corrected chi connectivity index (χ3v) is 3.76. The molecule has 0 bridgehead atoms. The molecule has 1 fully saturated rings. The highest BCUT2D eigenvalue weighted by molar-refractivity contribution is 5.81. The number of hydrogen-bond donors (Lipinski definition) is 1. The van der Waals surface area contributed by atoms with Crippen molar-refractivity contribution in [3.63, 3.8) is 0 Å². The molecule has 4 nitrogen and oxygen atoms in total. The zero-order valence-corrected chi connectivity index (χ0v) is 11.8. The van der Waals surface area contributed by atoms with E-state index in [4.69, 9.17) is 0 Å². The minimum Gasteiger partial charge on any atom is -0.313 e. The third kappa shape index (κ3) is 2.96. The molecule has 1 saturated carbocycles. The third-order valence-electron chi connectivity index (χ3n) is 3.76. The molecule has 102 valence electrons. The Hall–Kier alpha value is -1.39. The van der Waals surface area contributed by atoms with Crippen LogP contribution >= 0.6 is 0 Å². The Balaban J connectivity index is 1.63. The van der Waals surface area contributed by atoms with Gasteiger partial charge in [-0.3, -0.25) is 9.58 Å². The Morgan fingerprint density at radius 3 is 2.95 bits per heavy atom. The van der Waals surface area contributed by atoms with Gasteiger partial charge in [0.1, 0.15) is 0 Å². The lowest BCUT2D eigenvalue weighted by Gasteiger charge is -2.15. The summed E-state index contributed by atoms with van der Waals surface area (Å²) in [7, 11) is 4.18. The first-order valence-corrected chi connectivity index (χ1v) is 7.06. The van der Waals surface area contributed by atoms with Crippen molar-refractivity contribution in [2.75, 3.05) is 20.1 Å². The predicted molar refractivity (Wildman–Crippen MR) is 78.1 cm³/mol. The van der Waals surface area contributed by atoms with Gasteiger partial charge in [0.2, 0.25) is 0 Å². The highest BCUT2D eigenvalue weighted by atomic mass is 15.3. The van der Waals surface area contributed by atoms with Crippen LogP contribution in [0.4, 0.5) is 0 Å². The van der Waals surface area contributed by atoms with E-state index in [2.05, 4.69) is 46.6 Å². The van der Waals surface area contributed by atoms with E-state index in [0.29, 0.717) is 0 Å². The molecule has 0 amide bonds. The largest absolute Gasteiger partial charge is 0.313 e. The number of nitrogens with one attached hydrogen (secondary N) is 1. The Bertz CT molecular complexity index is 556. The molecule has 3 rings (SSSR count). The molecule has 2 aromatic rings. The molecule has 0 atom stereocenters. The first-order valence-electron chi connectivity index (χ1n) is 7.06. The average molecular weight is 258 g/mol. The van der Waals surface area contributed by atoms with Crippen molar-refractivity contribution in [2.45, 2.75) is 25.4 Å². The number of nitrogens with zero attached hydrogens (tertiary/aromatic N) is 3. The highest BCUT2D eigenvalue weighted by Crippen LogP contribution is 2.19. The minimum atomic E-state index is 0.795. The van der Waals surface area contributed by atoms with Gasteiger partial charge in [-0.2, -0.15) is 5.10 Å². The topological polar surface area (TPSA) is 33.1 Å². The normalized spacial score (nSPS) is 15.5. The molecule has 1 aliphatic rings. The van der Waals surface area contributed by atoms with Crippen molar-refractivity contribution in [1.29, 1.82) is 0 Å². The molecule has 0 spiro atoms. The Kier molecular flexibility index (Phi) is 3.53. The standard InChI is InChI=1S/C15H22N4/c1-18(10-9-16-12-7-8-12)11-14-13-5-3-4-6-15(13)19(2)17-14/h3-6,12,16H,7-11H2,1-2H3. The summed E-state index contributed by atoms with van der Waals surface area (Å²) >= 11 is 0. The van der Waals surface area contributed by atoms with E-state index in [1.165, 1.54) is 29.4 Å². The molecule has 1 aliphatic carbocycles. The molecular weight excluding hydrogens is 236 g/mol. The van der Waals surface area contributed by atoms with Crippen LogP contribution < -0.4 is 5.32 Å². The van der Waals surface area contributed by atoms with Crippen LogP contribution in [0.5, 0.6) is 0 Å². The van der Waals surface area contributed by atoms with E-state index in [1.807, 2.05) is 11.7 Å². The monoisotopic (exact) mass is 258 g/mol. The van der Waals surface area contributed by atoms with Gasteiger partial charge < -0.3 is 5.32 Å². The van der Waals surface area contributed by atoms with Crippen LogP contribution in [0.25, 0.3) is 10.9 Å². The summed E-state index contributed by atoms with van der Waals surface area (Å²) in [4.78, 5) is 2.34. The molecule has 0 radical (unpaired) electrons. The van der Waals surface area contributed by atoms with Crippen molar-refractivity contribution in [1.82, 2.24) is 20.0 Å². The second-order valence-electron chi connectivity index (χ2n) is 5.55. The van der Waals surface area contributed by atoms with Gasteiger partial charge in [0.05, 0.1) is 11.2 Å². The number of para-hydroxylation sites is 1. The summed E-state index contributed by atoms with van der Waals surface area (Å²) in [6.07, 6.45) is 2.71. The number of rotatable bonds is 6. The van der Waals surface area contributed by atoms with Crippen LogP contribution in [0, 0.1) is 0 Å². The SMILES string of the molecule is CN(CCNC1CC1)Cc1nn(C)c2ccccc12. The Morgan fingerprint density at radius 2 is 2.16 bits per heavy atom. The molecule has 0 saturated heterocycles. The van der Waals surface area contributed by atoms with Gasteiger partial charge in [-0.25, -0.2) is 0 Å². The first-order chi connectivity index (χ1) is 9.24. The number of aryl methyl sites for hydroxylation is 1. The predicted octanol–water partition coefficient (Wildman–Crippen LogP) is 1.76. The van der Waals surface area contributed by atoms with Crippen molar-refractivity contribution >= 4 is 10.9 Å². The second kappa shape index (κ2) is 5.31. The molecule has 4 heteroatoms. The van der Waals surface area contributed by atoms with Crippen molar-refractivity contribution in [3.05, 3.63) is 30.0 Å². The maximum Gasteiger partial charge on any atom is 0.0843 e. The molecule has 1 N–H and O–H groups in total. The number of fused-ring (bicyclic) bond motifs is 1. The Labute approximate surface area is 114 Å². The van der Waals surface area contributed by atoms with Crippen LogP contribution in [-0.4, -0.2) is 40.9 Å². The summed E-state index contributed by atoms with van der Waals surface area (Å²) in [5, 5.41) is 9.46. The maximum atomic E-state index is 4.64. The van der Waals surface area contributed by atoms with Crippen LogP contribution in [-0.2, 0) is 13.6 Å². The van der Waals surface area contributed by atoms with Crippen molar-refractivity contribution < 1.29 is 0 Å². The quantitative estimate of drug-likeness (QED) is 0.857. The molecule has 1 aromatic carbocycles. The molecule has 1 heterocycles. The van der Waals surface area contributed by atoms with E-state index in [0.717, 1.165) is 25.7 Å². The molecule has 1 aromatic heterocycles. The lowest BCUT2D eigenvalue weighted by molar-refractivity contribution is 0.320. The second-order valence-corrected chi connectivity index (χ2v) is 5.55. The minimum absolute atomic E-state index is 0.795. The summed E-state index contributed by atoms with van der Waals surface area (Å²) < 4.78 is 1.97. The summed E-state index contributed by atoms with van der Waals surface area (Å²) in [6.45, 7) is 3.06. The van der Waals surface area contributed by atoms with Gasteiger partial charge in [0, 0.05) is 38.1 Å². The molecule has 0 unspecified atom stereocenters. The fraction of sp³-hybridized carbons (Fsp3) is 0.533. The maximum absolute atomic E-state index is 4.64. The van der Waals surface area contributed by atoms with E-state index in [1.54, 1.807) is 0 Å². The van der Waals surface area contributed by atoms with Crippen LogP contribution in [0.2, 0.25) is 0 Å². The fourth-order valence-electron chi connectivity index (χ4n) is 2.49. The van der Waals surface area contributed by atoms with E-state index in [9.17, 15) is 0 Å². The Morgan fingerprint density at radius 1 is 1.37 bits per heavy atom. The van der Waals surface area contributed by atoms with Gasteiger partial charge >= 0.3 is 0 Å². The lowest BCUT2D eigenvalue weighted by Crippen LogP contribution is -2.30. The van der Waals surface area contributed by atoms with Crippen molar-refractivity contribution in [3.8, 4) is 0 Å². The molecular formula is C15H22N4. The average Bonchev–Trinajstić information content (AvgIpc) is 3.17. The summed E-state index contributed by atoms with van der Waals surface area (Å²) in [5.41, 5.74) is 2.38. The number of likely N-dealkylation sites (N-methyl/N-ethyl adjacent to an activating group) is 1. The summed E-state index contributed by atoms with van der Waals surface area (Å²) in [5.74, 6) is 0. The van der Waals surface area contributed by atoms with Gasteiger partial charge in [-0.05, 0) is 26.0 Å². The zero-order valence-electron chi connectivity index (χ0n) is 11.8. The van der Waals surface area contributed by atoms with Gasteiger partial charge in [0.15, 0.2) is 0 Å². The zero-order chi connectivity index (χ0) is 13.2. The fourth-order valence-corrected chi connectivity index (χ4v) is 2.49. The van der Waals surface area contributed by atoms with Gasteiger partial charge in [0.25, 0.3) is 0 Å². The van der Waals surface area contributed by atoms with Crippen molar-refractivity contribution in [2.24, 2.45) is 7.05 Å². The van der Waals surface area contributed by atoms with Crippen LogP contribution in [0.1, 0.15) is 18.5 Å². The van der Waals surface area contributed by atoms with Gasteiger partial charge in [-0.1, -0.05) is 18.2 Å².